The number of carbonyl (C=O) groups is 1. The van der Waals surface area contributed by atoms with Gasteiger partial charge in [0.25, 0.3) is 11.5 Å². The van der Waals surface area contributed by atoms with Crippen molar-refractivity contribution in [2.75, 3.05) is 13.9 Å². The van der Waals surface area contributed by atoms with E-state index in [-0.39, 0.29) is 24.8 Å². The van der Waals surface area contributed by atoms with Crippen LogP contribution in [-0.4, -0.2) is 29.7 Å². The van der Waals surface area contributed by atoms with E-state index in [1.807, 2.05) is 61.5 Å². The molecule has 172 valence electrons. The Labute approximate surface area is 196 Å². The van der Waals surface area contributed by atoms with Gasteiger partial charge in [-0.05, 0) is 59.8 Å². The monoisotopic (exact) mass is 456 g/mol. The highest BCUT2D eigenvalue weighted by molar-refractivity contribution is 5.95. The summed E-state index contributed by atoms with van der Waals surface area (Å²) >= 11 is 0. The number of methoxy groups -OCH3 is 1. The number of amides is 1. The van der Waals surface area contributed by atoms with Crippen LogP contribution >= 0.6 is 0 Å². The molecule has 34 heavy (non-hydrogen) atoms. The predicted molar refractivity (Wildman–Crippen MR) is 128 cm³/mol. The number of carbonyl (C=O) groups excluding carboxylic acids is 1. The van der Waals surface area contributed by atoms with Gasteiger partial charge in [0.15, 0.2) is 11.5 Å². The van der Waals surface area contributed by atoms with Gasteiger partial charge in [-0.25, -0.2) is 0 Å². The van der Waals surface area contributed by atoms with Crippen LogP contribution in [0.3, 0.4) is 0 Å². The minimum Gasteiger partial charge on any atom is -0.497 e. The molecule has 0 saturated carbocycles. The van der Waals surface area contributed by atoms with Crippen LogP contribution in [0.5, 0.6) is 17.2 Å². The average molecular weight is 456 g/mol. The molecule has 3 aromatic carbocycles. The van der Waals surface area contributed by atoms with Gasteiger partial charge in [0.1, 0.15) is 5.75 Å². The van der Waals surface area contributed by atoms with Crippen LogP contribution in [0.15, 0.2) is 71.5 Å². The van der Waals surface area contributed by atoms with Crippen LogP contribution in [0.1, 0.15) is 27.0 Å². The molecule has 4 aromatic rings. The maximum atomic E-state index is 13.6. The van der Waals surface area contributed by atoms with E-state index in [0.29, 0.717) is 40.4 Å². The fourth-order valence-electron chi connectivity index (χ4n) is 4.12. The van der Waals surface area contributed by atoms with E-state index in [9.17, 15) is 9.59 Å². The molecular formula is C27H24N2O5. The Bertz CT molecular complexity index is 1440. The van der Waals surface area contributed by atoms with Crippen molar-refractivity contribution in [3.63, 3.8) is 0 Å². The van der Waals surface area contributed by atoms with E-state index in [1.165, 1.54) is 0 Å². The number of aromatic amines is 1. The third-order valence-electron chi connectivity index (χ3n) is 5.96. The SMILES string of the molecule is COc1ccc2cc(CN(Cc3ccc4c(c3)OCO4)C(=O)c3ccccc3C)c(=O)[nH]c2c1. The van der Waals surface area contributed by atoms with Gasteiger partial charge in [-0.3, -0.25) is 9.59 Å². The second-order valence-electron chi connectivity index (χ2n) is 8.24. The molecular weight excluding hydrogens is 432 g/mol. The minimum absolute atomic E-state index is 0.148. The number of rotatable bonds is 6. The van der Waals surface area contributed by atoms with Crippen molar-refractivity contribution in [1.82, 2.24) is 9.88 Å². The first-order valence-corrected chi connectivity index (χ1v) is 11.0. The van der Waals surface area contributed by atoms with Gasteiger partial charge in [0.2, 0.25) is 6.79 Å². The first-order valence-electron chi connectivity index (χ1n) is 11.0. The van der Waals surface area contributed by atoms with Gasteiger partial charge in [-0.1, -0.05) is 24.3 Å². The van der Waals surface area contributed by atoms with Crippen molar-refractivity contribution in [2.24, 2.45) is 0 Å². The van der Waals surface area contributed by atoms with E-state index in [0.717, 1.165) is 16.5 Å². The molecule has 0 saturated heterocycles. The fourth-order valence-corrected chi connectivity index (χ4v) is 4.12. The number of aromatic nitrogens is 1. The Morgan fingerprint density at radius 3 is 2.65 bits per heavy atom. The van der Waals surface area contributed by atoms with E-state index in [2.05, 4.69) is 4.98 Å². The van der Waals surface area contributed by atoms with E-state index >= 15 is 0 Å². The maximum Gasteiger partial charge on any atom is 0.254 e. The van der Waals surface area contributed by atoms with Crippen molar-refractivity contribution >= 4 is 16.8 Å². The summed E-state index contributed by atoms with van der Waals surface area (Å²) in [7, 11) is 1.58. The normalized spacial score (nSPS) is 12.1. The number of pyridine rings is 1. The molecule has 1 aliphatic heterocycles. The molecule has 5 rings (SSSR count). The second kappa shape index (κ2) is 8.94. The third kappa shape index (κ3) is 4.20. The lowest BCUT2D eigenvalue weighted by molar-refractivity contribution is 0.0728. The molecule has 1 amide bonds. The maximum absolute atomic E-state index is 13.6. The zero-order chi connectivity index (χ0) is 23.7. The largest absolute Gasteiger partial charge is 0.497 e. The van der Waals surface area contributed by atoms with Crippen LogP contribution in [0.4, 0.5) is 0 Å². The standard InChI is InChI=1S/C27H24N2O5/c1-17-5-3-4-6-22(17)27(31)29(14-18-7-10-24-25(11-18)34-16-33-24)15-20-12-19-8-9-21(32-2)13-23(19)28-26(20)30/h3-13H,14-16H2,1-2H3,(H,28,30). The van der Waals surface area contributed by atoms with Gasteiger partial charge in [-0.15, -0.1) is 0 Å². The van der Waals surface area contributed by atoms with Crippen molar-refractivity contribution in [3.05, 3.63) is 99.3 Å². The van der Waals surface area contributed by atoms with Gasteiger partial charge >= 0.3 is 0 Å². The zero-order valence-corrected chi connectivity index (χ0v) is 19.0. The Kier molecular flexibility index (Phi) is 5.67. The molecule has 1 aromatic heterocycles. The number of aryl methyl sites for hydroxylation is 1. The Balaban J connectivity index is 1.51. The van der Waals surface area contributed by atoms with Crippen LogP contribution in [0.25, 0.3) is 10.9 Å². The minimum atomic E-state index is -0.242. The molecule has 7 nitrogen and oxygen atoms in total. The van der Waals surface area contributed by atoms with E-state index < -0.39 is 0 Å². The van der Waals surface area contributed by atoms with Crippen LogP contribution in [0, 0.1) is 6.92 Å². The summed E-state index contributed by atoms with van der Waals surface area (Å²) in [5, 5.41) is 0.863. The summed E-state index contributed by atoms with van der Waals surface area (Å²) in [5.74, 6) is 1.85. The lowest BCUT2D eigenvalue weighted by atomic mass is 10.1. The van der Waals surface area contributed by atoms with Crippen LogP contribution < -0.4 is 19.8 Å². The molecule has 0 atom stereocenters. The quantitative estimate of drug-likeness (QED) is 0.465. The zero-order valence-electron chi connectivity index (χ0n) is 19.0. The fraction of sp³-hybridized carbons (Fsp3) is 0.185. The Morgan fingerprint density at radius 2 is 1.82 bits per heavy atom. The average Bonchev–Trinajstić information content (AvgIpc) is 3.31. The van der Waals surface area contributed by atoms with Gasteiger partial charge < -0.3 is 24.1 Å². The number of hydrogen-bond acceptors (Lipinski definition) is 5. The van der Waals surface area contributed by atoms with E-state index in [1.54, 1.807) is 24.1 Å². The molecule has 0 radical (unpaired) electrons. The number of fused-ring (bicyclic) bond motifs is 2. The van der Waals surface area contributed by atoms with Gasteiger partial charge in [0.05, 0.1) is 19.2 Å². The number of ether oxygens (including phenoxy) is 3. The molecule has 7 heteroatoms. The van der Waals surface area contributed by atoms with Gasteiger partial charge in [-0.2, -0.15) is 0 Å². The molecule has 1 aliphatic rings. The molecule has 0 bridgehead atoms. The highest BCUT2D eigenvalue weighted by Crippen LogP contribution is 2.33. The van der Waals surface area contributed by atoms with Crippen LogP contribution in [-0.2, 0) is 13.1 Å². The number of hydrogen-bond donors (Lipinski definition) is 1. The first-order chi connectivity index (χ1) is 16.5. The first kappa shape index (κ1) is 21.6. The summed E-state index contributed by atoms with van der Waals surface area (Å²) in [6, 6.07) is 20.4. The summed E-state index contributed by atoms with van der Waals surface area (Å²) in [6.07, 6.45) is 0. The lowest BCUT2D eigenvalue weighted by Crippen LogP contribution is -2.33. The number of nitrogens with one attached hydrogen (secondary N) is 1. The smallest absolute Gasteiger partial charge is 0.254 e. The Hall–Kier alpha value is -4.26. The van der Waals surface area contributed by atoms with Gasteiger partial charge in [0, 0.05) is 23.7 Å². The van der Waals surface area contributed by atoms with Crippen molar-refractivity contribution in [3.8, 4) is 17.2 Å². The van der Waals surface area contributed by atoms with Crippen molar-refractivity contribution < 1.29 is 19.0 Å². The number of benzene rings is 3. The summed E-state index contributed by atoms with van der Waals surface area (Å²) < 4.78 is 16.2. The summed E-state index contributed by atoms with van der Waals surface area (Å²) in [5.41, 5.74) is 3.30. The molecule has 0 unspecified atom stereocenters. The van der Waals surface area contributed by atoms with Crippen molar-refractivity contribution in [2.45, 2.75) is 20.0 Å². The Morgan fingerprint density at radius 1 is 1.00 bits per heavy atom. The number of H-pyrrole nitrogens is 1. The van der Waals surface area contributed by atoms with Crippen LogP contribution in [0.2, 0.25) is 0 Å². The third-order valence-corrected chi connectivity index (χ3v) is 5.96. The second-order valence-corrected chi connectivity index (χ2v) is 8.24. The predicted octanol–water partition coefficient (Wildman–Crippen LogP) is 4.42. The number of nitrogens with zero attached hydrogens (tertiary/aromatic N) is 1. The highest BCUT2D eigenvalue weighted by atomic mass is 16.7. The van der Waals surface area contributed by atoms with E-state index in [4.69, 9.17) is 14.2 Å². The summed E-state index contributed by atoms with van der Waals surface area (Å²) in [6.45, 7) is 2.55. The summed E-state index contributed by atoms with van der Waals surface area (Å²) in [4.78, 5) is 31.1. The molecule has 0 spiro atoms. The molecule has 2 heterocycles. The highest BCUT2D eigenvalue weighted by Gasteiger charge is 2.21. The lowest BCUT2D eigenvalue weighted by Gasteiger charge is -2.24. The molecule has 0 aliphatic carbocycles. The topological polar surface area (TPSA) is 80.9 Å². The molecule has 0 fully saturated rings. The molecule has 1 N–H and O–H groups in total. The van der Waals surface area contributed by atoms with Crippen molar-refractivity contribution in [1.29, 1.82) is 0 Å².